The summed E-state index contributed by atoms with van der Waals surface area (Å²) in [5.74, 6) is 5.36. The molecule has 36 heavy (non-hydrogen) atoms. The molecule has 2 aromatic rings. The molecule has 2 rings (SSSR count). The molecular weight excluding hydrogens is 524 g/mol. The summed E-state index contributed by atoms with van der Waals surface area (Å²) < 4.78 is 11.2. The van der Waals surface area contributed by atoms with Crippen LogP contribution in [0.3, 0.4) is 0 Å². The molecule has 0 bridgehead atoms. The fourth-order valence-corrected chi connectivity index (χ4v) is 3.42. The van der Waals surface area contributed by atoms with E-state index in [1.165, 1.54) is 0 Å². The largest absolute Gasteiger partial charge is 0.374 e. The Morgan fingerprint density at radius 1 is 0.972 bits per heavy atom. The molecule has 0 spiro atoms. The quantitative estimate of drug-likeness (QED) is 0.335. The molecule has 192 valence electrons. The zero-order valence-corrected chi connectivity index (χ0v) is 22.9. The third kappa shape index (κ3) is 9.94. The smallest absolute Gasteiger partial charge is 0.251 e. The Bertz CT molecular complexity index is 1100. The highest BCUT2D eigenvalue weighted by atomic mass is 79.9. The van der Waals surface area contributed by atoms with Crippen LogP contribution in [0.25, 0.3) is 0 Å². The minimum Gasteiger partial charge on any atom is -0.374 e. The molecule has 0 saturated carbocycles. The highest BCUT2D eigenvalue weighted by Crippen LogP contribution is 2.15. The van der Waals surface area contributed by atoms with Gasteiger partial charge in [-0.25, -0.2) is 0 Å². The molecular formula is C28H33BrN2O5. The fourth-order valence-electron chi connectivity index (χ4n) is 3.28. The van der Waals surface area contributed by atoms with Crippen molar-refractivity contribution in [1.82, 2.24) is 5.32 Å². The second kappa shape index (κ2) is 13.9. The van der Waals surface area contributed by atoms with Gasteiger partial charge in [-0.15, -0.1) is 0 Å². The van der Waals surface area contributed by atoms with Crippen LogP contribution < -0.4 is 10.6 Å². The number of ketones is 1. The lowest BCUT2D eigenvalue weighted by Crippen LogP contribution is -2.51. The maximum atomic E-state index is 12.9. The lowest BCUT2D eigenvalue weighted by molar-refractivity contribution is -0.133. The van der Waals surface area contributed by atoms with Crippen LogP contribution >= 0.6 is 15.9 Å². The van der Waals surface area contributed by atoms with E-state index in [1.54, 1.807) is 50.2 Å². The summed E-state index contributed by atoms with van der Waals surface area (Å²) in [6.07, 6.45) is -0.536. The molecule has 2 aromatic carbocycles. The number of Topliss-reactive ketones (excluding diaryl/α,β-unsaturated/α-hetero) is 1. The average molecular weight is 557 g/mol. The Morgan fingerprint density at radius 3 is 2.03 bits per heavy atom. The number of nitrogens with one attached hydrogen (secondary N) is 2. The van der Waals surface area contributed by atoms with Gasteiger partial charge in [-0.05, 0) is 83.1 Å². The molecule has 0 aliphatic heterocycles. The lowest BCUT2D eigenvalue weighted by atomic mass is 10.0. The number of amides is 2. The third-order valence-electron chi connectivity index (χ3n) is 4.88. The van der Waals surface area contributed by atoms with E-state index in [-0.39, 0.29) is 29.5 Å². The molecule has 0 saturated heterocycles. The number of hydrogen-bond donors (Lipinski definition) is 2. The Labute approximate surface area is 221 Å². The van der Waals surface area contributed by atoms with Gasteiger partial charge in [0.25, 0.3) is 5.91 Å². The summed E-state index contributed by atoms with van der Waals surface area (Å²) in [7, 11) is 0. The van der Waals surface area contributed by atoms with E-state index in [0.717, 1.165) is 11.1 Å². The average Bonchev–Trinajstić information content (AvgIpc) is 2.84. The van der Waals surface area contributed by atoms with Crippen LogP contribution in [0.1, 0.15) is 56.1 Å². The van der Waals surface area contributed by atoms with Crippen LogP contribution in [0.4, 0.5) is 5.69 Å². The van der Waals surface area contributed by atoms with Gasteiger partial charge in [-0.2, -0.15) is 0 Å². The zero-order chi connectivity index (χ0) is 26.7. The molecule has 0 aliphatic rings. The van der Waals surface area contributed by atoms with Crippen LogP contribution in [0.2, 0.25) is 0 Å². The van der Waals surface area contributed by atoms with Gasteiger partial charge in [0.05, 0.1) is 17.0 Å². The van der Waals surface area contributed by atoms with E-state index >= 15 is 0 Å². The Hall–Kier alpha value is -2.99. The molecule has 0 aromatic heterocycles. The van der Waals surface area contributed by atoms with Gasteiger partial charge in [0, 0.05) is 29.0 Å². The van der Waals surface area contributed by atoms with Crippen LogP contribution in [-0.2, 0) is 19.1 Å². The topological polar surface area (TPSA) is 93.7 Å². The summed E-state index contributed by atoms with van der Waals surface area (Å²) in [6.45, 7) is 9.56. The molecule has 0 fully saturated rings. The molecule has 0 heterocycles. The number of carbonyl (C=O) groups excluding carboxylic acids is 3. The molecule has 2 atom stereocenters. The minimum absolute atomic E-state index is 0.0995. The second-order valence-electron chi connectivity index (χ2n) is 9.08. The van der Waals surface area contributed by atoms with Crippen molar-refractivity contribution in [1.29, 1.82) is 0 Å². The number of halogens is 1. The Kier molecular flexibility index (Phi) is 11.3. The summed E-state index contributed by atoms with van der Waals surface area (Å²) >= 11 is 3.11. The van der Waals surface area contributed by atoms with Crippen molar-refractivity contribution in [3.8, 4) is 11.8 Å². The van der Waals surface area contributed by atoms with E-state index in [1.807, 2.05) is 32.9 Å². The number of anilines is 1. The monoisotopic (exact) mass is 556 g/mol. The standard InChI is InChI=1S/C28H33BrN2O5/c1-6-35-18-24(32)26(19(2)36-28(3,4)5)31-27(34)22-13-9-20(10-14-22)7-8-21-11-15-23(16-12-21)30-25(33)17-29/h9-16,19,26H,6,17-18H2,1-5H3,(H,30,33)(H,31,34)/t19-,26?/m1/s1. The number of carbonyl (C=O) groups is 3. The normalized spacial score (nSPS) is 12.6. The van der Waals surface area contributed by atoms with Gasteiger partial charge >= 0.3 is 0 Å². The SMILES string of the molecule is CCOCC(=O)C(NC(=O)c1ccc(C#Cc2ccc(NC(=O)CBr)cc2)cc1)[C@@H](C)OC(C)(C)C. The van der Waals surface area contributed by atoms with Crippen molar-refractivity contribution in [2.24, 2.45) is 0 Å². The Morgan fingerprint density at radius 2 is 1.53 bits per heavy atom. The van der Waals surface area contributed by atoms with Gasteiger partial charge in [-0.1, -0.05) is 27.8 Å². The van der Waals surface area contributed by atoms with E-state index < -0.39 is 17.7 Å². The van der Waals surface area contributed by atoms with E-state index in [2.05, 4.69) is 38.4 Å². The van der Waals surface area contributed by atoms with Crippen molar-refractivity contribution in [2.75, 3.05) is 23.9 Å². The second-order valence-corrected chi connectivity index (χ2v) is 9.64. The predicted molar refractivity (Wildman–Crippen MR) is 144 cm³/mol. The molecule has 0 aliphatic carbocycles. The first kappa shape index (κ1) is 29.2. The molecule has 8 heteroatoms. The summed E-state index contributed by atoms with van der Waals surface area (Å²) in [6, 6.07) is 13.2. The summed E-state index contributed by atoms with van der Waals surface area (Å²) in [5.41, 5.74) is 2.15. The Balaban J connectivity index is 2.08. The number of hydrogen-bond acceptors (Lipinski definition) is 5. The van der Waals surface area contributed by atoms with Gasteiger partial charge in [0.1, 0.15) is 12.6 Å². The molecule has 2 N–H and O–H groups in total. The summed E-state index contributed by atoms with van der Waals surface area (Å²) in [4.78, 5) is 37.0. The third-order valence-corrected chi connectivity index (χ3v) is 5.39. The van der Waals surface area contributed by atoms with E-state index in [4.69, 9.17) is 9.47 Å². The van der Waals surface area contributed by atoms with Gasteiger partial charge in [0.15, 0.2) is 5.78 Å². The maximum absolute atomic E-state index is 12.9. The van der Waals surface area contributed by atoms with E-state index in [0.29, 0.717) is 17.9 Å². The number of alkyl halides is 1. The molecule has 1 unspecified atom stereocenters. The van der Waals surface area contributed by atoms with Crippen molar-refractivity contribution in [3.63, 3.8) is 0 Å². The first-order valence-corrected chi connectivity index (χ1v) is 12.8. The minimum atomic E-state index is -0.843. The van der Waals surface area contributed by atoms with Crippen molar-refractivity contribution in [3.05, 3.63) is 65.2 Å². The number of benzene rings is 2. The lowest BCUT2D eigenvalue weighted by Gasteiger charge is -2.30. The highest BCUT2D eigenvalue weighted by Gasteiger charge is 2.30. The predicted octanol–water partition coefficient (Wildman–Crippen LogP) is 4.33. The first-order valence-electron chi connectivity index (χ1n) is 11.7. The van der Waals surface area contributed by atoms with Crippen LogP contribution in [0.15, 0.2) is 48.5 Å². The van der Waals surface area contributed by atoms with Crippen LogP contribution in [0, 0.1) is 11.8 Å². The molecule has 2 amide bonds. The van der Waals surface area contributed by atoms with Gasteiger partial charge in [-0.3, -0.25) is 14.4 Å². The van der Waals surface area contributed by atoms with Crippen molar-refractivity contribution in [2.45, 2.75) is 52.4 Å². The zero-order valence-electron chi connectivity index (χ0n) is 21.3. The molecule has 0 radical (unpaired) electrons. The summed E-state index contributed by atoms with van der Waals surface area (Å²) in [5, 5.41) is 5.78. The first-order chi connectivity index (χ1) is 17.0. The van der Waals surface area contributed by atoms with Crippen LogP contribution in [-0.4, -0.2) is 53.9 Å². The number of rotatable bonds is 10. The maximum Gasteiger partial charge on any atom is 0.251 e. The van der Waals surface area contributed by atoms with Crippen molar-refractivity contribution >= 4 is 39.2 Å². The molecule has 7 nitrogen and oxygen atoms in total. The highest BCUT2D eigenvalue weighted by molar-refractivity contribution is 9.09. The number of ether oxygens (including phenoxy) is 2. The van der Waals surface area contributed by atoms with E-state index in [9.17, 15) is 14.4 Å². The van der Waals surface area contributed by atoms with Crippen molar-refractivity contribution < 1.29 is 23.9 Å². The fraction of sp³-hybridized carbons (Fsp3) is 0.393. The van der Waals surface area contributed by atoms with Gasteiger partial charge < -0.3 is 20.1 Å². The van der Waals surface area contributed by atoms with Gasteiger partial charge in [0.2, 0.25) is 5.91 Å². The van der Waals surface area contributed by atoms with Crippen LogP contribution in [0.5, 0.6) is 0 Å².